The highest BCUT2D eigenvalue weighted by Gasteiger charge is 2.23. The van der Waals surface area contributed by atoms with Gasteiger partial charge in [0.05, 0.1) is 0 Å². The second-order valence-corrected chi connectivity index (χ2v) is 19.3. The number of hydrogen-bond donors (Lipinski definition) is 0. The van der Waals surface area contributed by atoms with Crippen molar-refractivity contribution in [3.05, 3.63) is 196 Å². The third-order valence-corrected chi connectivity index (χ3v) is 13.4. The van der Waals surface area contributed by atoms with E-state index >= 15 is 0 Å². The van der Waals surface area contributed by atoms with Crippen LogP contribution in [0.25, 0.3) is 11.1 Å². The quantitative estimate of drug-likeness (QED) is 0.136. The van der Waals surface area contributed by atoms with Crippen molar-refractivity contribution in [3.8, 4) is 11.1 Å². The molecule has 0 amide bonds. The fourth-order valence-electron chi connectivity index (χ4n) is 9.11. The van der Waals surface area contributed by atoms with Gasteiger partial charge in [-0.2, -0.15) is 0 Å². The van der Waals surface area contributed by atoms with Gasteiger partial charge in [0.15, 0.2) is 0 Å². The van der Waals surface area contributed by atoms with E-state index in [1.807, 2.05) is 0 Å². The highest BCUT2D eigenvalue weighted by Crippen LogP contribution is 2.42. The molecule has 0 aliphatic carbocycles. The summed E-state index contributed by atoms with van der Waals surface area (Å²) in [5, 5.41) is 0. The molecule has 0 aliphatic rings. The van der Waals surface area contributed by atoms with Crippen molar-refractivity contribution in [1.29, 1.82) is 0 Å². The maximum Gasteiger partial charge on any atom is -0.0111 e. The molecular formula is C63H86. The molecule has 0 atom stereocenters. The van der Waals surface area contributed by atoms with Crippen molar-refractivity contribution in [3.63, 3.8) is 0 Å². The Hall–Kier alpha value is -4.68. The summed E-state index contributed by atoms with van der Waals surface area (Å²) < 4.78 is 0. The summed E-state index contributed by atoms with van der Waals surface area (Å²) >= 11 is 0. The summed E-state index contributed by atoms with van der Waals surface area (Å²) in [5.41, 5.74) is 31.8. The molecule has 0 N–H and O–H groups in total. The number of benzene rings is 6. The van der Waals surface area contributed by atoms with E-state index in [1.54, 1.807) is 11.1 Å². The molecule has 0 saturated carbocycles. The summed E-state index contributed by atoms with van der Waals surface area (Å²) in [6.45, 7) is 44.9. The lowest BCUT2D eigenvalue weighted by molar-refractivity contribution is 0.822. The lowest BCUT2D eigenvalue weighted by Crippen LogP contribution is -2.10. The Bertz CT molecular complexity index is 2380. The first-order valence-electron chi connectivity index (χ1n) is 24.1. The summed E-state index contributed by atoms with van der Waals surface area (Å²) in [5.74, 6) is 1.04. The molecule has 63 heavy (non-hydrogen) atoms. The molecule has 6 rings (SSSR count). The normalized spacial score (nSPS) is 10.8. The van der Waals surface area contributed by atoms with Crippen LogP contribution in [-0.2, 0) is 32.1 Å². The van der Waals surface area contributed by atoms with E-state index in [0.29, 0.717) is 11.8 Å². The van der Waals surface area contributed by atoms with E-state index in [0.717, 1.165) is 32.1 Å². The van der Waals surface area contributed by atoms with Crippen molar-refractivity contribution in [2.75, 3.05) is 0 Å². The van der Waals surface area contributed by atoms with Gasteiger partial charge in [0.25, 0.3) is 0 Å². The molecule has 0 spiro atoms. The maximum absolute atomic E-state index is 2.47. The molecule has 0 heteroatoms. The Morgan fingerprint density at radius 2 is 0.667 bits per heavy atom. The Labute approximate surface area is 388 Å². The minimum absolute atomic E-state index is 0.506. The van der Waals surface area contributed by atoms with Crippen molar-refractivity contribution < 1.29 is 0 Å². The van der Waals surface area contributed by atoms with Crippen LogP contribution in [0.4, 0.5) is 0 Å². The van der Waals surface area contributed by atoms with Crippen LogP contribution in [0, 0.1) is 90.0 Å². The molecule has 0 heterocycles. The third-order valence-electron chi connectivity index (χ3n) is 13.4. The summed E-state index contributed by atoms with van der Waals surface area (Å²) in [6.07, 6.45) is 5.54. The van der Waals surface area contributed by atoms with Crippen molar-refractivity contribution in [1.82, 2.24) is 0 Å². The molecular weight excluding hydrogens is 757 g/mol. The predicted octanol–water partition coefficient (Wildman–Crippen LogP) is 18.1. The van der Waals surface area contributed by atoms with E-state index in [2.05, 4.69) is 223 Å². The maximum atomic E-state index is 2.47. The van der Waals surface area contributed by atoms with Crippen LogP contribution < -0.4 is 0 Å². The van der Waals surface area contributed by atoms with E-state index in [9.17, 15) is 0 Å². The van der Waals surface area contributed by atoms with E-state index in [1.165, 1.54) is 111 Å². The molecule has 0 aliphatic heterocycles. The number of hydrogen-bond acceptors (Lipinski definition) is 0. The molecule has 6 aromatic carbocycles. The molecule has 0 radical (unpaired) electrons. The predicted molar refractivity (Wildman–Crippen MR) is 283 cm³/mol. The van der Waals surface area contributed by atoms with Gasteiger partial charge in [-0.15, -0.1) is 0 Å². The van der Waals surface area contributed by atoms with Gasteiger partial charge in [0.1, 0.15) is 0 Å². The Kier molecular flexibility index (Phi) is 20.4. The zero-order valence-electron chi connectivity index (χ0n) is 43.8. The SMILES string of the molecule is CCc1c(C(C)C)cc(C)c(C)c1-c1c(C)c(C)cc(C(C)C)c1CCc1ccc(C)cc1C.CCc1ccc(C)cc1C.CCc1ccc(C)cc1C.Cc1ccc(C)c(C)c1. The first-order valence-corrected chi connectivity index (χ1v) is 24.1. The highest BCUT2D eigenvalue weighted by atomic mass is 14.3. The van der Waals surface area contributed by atoms with Gasteiger partial charge in [-0.25, -0.2) is 0 Å². The minimum Gasteiger partial charge on any atom is -0.0613 e. The van der Waals surface area contributed by atoms with Gasteiger partial charge in [-0.05, 0) is 234 Å². The fourth-order valence-corrected chi connectivity index (χ4v) is 9.11. The lowest BCUT2D eigenvalue weighted by Gasteiger charge is -2.27. The Balaban J connectivity index is 0.000000290. The highest BCUT2D eigenvalue weighted by molar-refractivity contribution is 5.81. The third kappa shape index (κ3) is 14.4. The van der Waals surface area contributed by atoms with Crippen LogP contribution in [0.2, 0.25) is 0 Å². The smallest absolute Gasteiger partial charge is 0.0111 e. The van der Waals surface area contributed by atoms with Crippen molar-refractivity contribution in [2.24, 2.45) is 0 Å². The molecule has 0 nitrogen and oxygen atoms in total. The van der Waals surface area contributed by atoms with Gasteiger partial charge in [0.2, 0.25) is 0 Å². The van der Waals surface area contributed by atoms with Crippen LogP contribution >= 0.6 is 0 Å². The lowest BCUT2D eigenvalue weighted by atomic mass is 9.77. The van der Waals surface area contributed by atoms with Crippen LogP contribution in [0.15, 0.2) is 84.9 Å². The van der Waals surface area contributed by atoms with Gasteiger partial charge >= 0.3 is 0 Å². The standard InChI is InChI=1S/C34H46.2C10H14.C9H12/c1-12-29-31(20(2)3)18-23(7)26(10)33(29)34-27(11)24(8)19-32(21(4)5)30(34)16-15-28-14-13-22(6)17-25(28)9;2*1-4-10-6-5-8(2)7-9(10)3;1-7-4-5-8(2)9(3)6-7/h13-14,17-21H,12,15-16H2,1-11H3;2*5-7H,4H2,1-3H3;4-6H,1-3H3. The first-order chi connectivity index (χ1) is 29.6. The van der Waals surface area contributed by atoms with Gasteiger partial charge in [0, 0.05) is 0 Å². The van der Waals surface area contributed by atoms with Gasteiger partial charge in [-0.1, -0.05) is 156 Å². The average Bonchev–Trinajstić information content (AvgIpc) is 3.22. The molecule has 0 saturated heterocycles. The second-order valence-electron chi connectivity index (χ2n) is 19.3. The van der Waals surface area contributed by atoms with Gasteiger partial charge < -0.3 is 0 Å². The Morgan fingerprint density at radius 3 is 1.00 bits per heavy atom. The molecule has 0 aromatic heterocycles. The monoisotopic (exact) mass is 843 g/mol. The van der Waals surface area contributed by atoms with Crippen LogP contribution in [0.1, 0.15) is 172 Å². The summed E-state index contributed by atoms with van der Waals surface area (Å²) in [6, 6.07) is 31.6. The molecule has 6 aromatic rings. The first kappa shape index (κ1) is 52.7. The molecule has 0 bridgehead atoms. The van der Waals surface area contributed by atoms with E-state index < -0.39 is 0 Å². The minimum atomic E-state index is 0.506. The Morgan fingerprint density at radius 1 is 0.317 bits per heavy atom. The molecule has 338 valence electrons. The van der Waals surface area contributed by atoms with E-state index in [-0.39, 0.29) is 0 Å². The largest absolute Gasteiger partial charge is 0.0613 e. The zero-order valence-corrected chi connectivity index (χ0v) is 43.8. The van der Waals surface area contributed by atoms with Crippen LogP contribution in [0.3, 0.4) is 0 Å². The summed E-state index contributed by atoms with van der Waals surface area (Å²) in [4.78, 5) is 0. The average molecular weight is 843 g/mol. The number of rotatable bonds is 9. The van der Waals surface area contributed by atoms with Gasteiger partial charge in [-0.3, -0.25) is 0 Å². The topological polar surface area (TPSA) is 0 Å². The summed E-state index contributed by atoms with van der Waals surface area (Å²) in [7, 11) is 0. The molecule has 0 unspecified atom stereocenters. The van der Waals surface area contributed by atoms with Crippen LogP contribution in [-0.4, -0.2) is 0 Å². The zero-order chi connectivity index (χ0) is 47.3. The number of aryl methyl sites for hydroxylation is 14. The second kappa shape index (κ2) is 24.4. The van der Waals surface area contributed by atoms with E-state index in [4.69, 9.17) is 0 Å². The van der Waals surface area contributed by atoms with Crippen LogP contribution in [0.5, 0.6) is 0 Å². The fraction of sp³-hybridized carbons (Fsp3) is 0.429. The molecule has 0 fully saturated rings. The van der Waals surface area contributed by atoms with Crippen molar-refractivity contribution in [2.45, 2.75) is 182 Å². The van der Waals surface area contributed by atoms with Crippen molar-refractivity contribution >= 4 is 0 Å².